The van der Waals surface area contributed by atoms with Gasteiger partial charge in [0.25, 0.3) is 5.69 Å². The van der Waals surface area contributed by atoms with Gasteiger partial charge in [-0.15, -0.1) is 0 Å². The molecule has 0 saturated carbocycles. The second-order valence-electron chi connectivity index (χ2n) is 4.39. The number of nitro benzene ring substituents is 1. The number of benzene rings is 1. The maximum Gasteiger partial charge on any atom is 0.273 e. The van der Waals surface area contributed by atoms with Gasteiger partial charge in [0, 0.05) is 35.4 Å². The van der Waals surface area contributed by atoms with Gasteiger partial charge < -0.3 is 5.32 Å². The van der Waals surface area contributed by atoms with Crippen LogP contribution in [0.3, 0.4) is 0 Å². The number of halogens is 1. The van der Waals surface area contributed by atoms with Gasteiger partial charge in [-0.1, -0.05) is 17.7 Å². The quantitative estimate of drug-likeness (QED) is 0.676. The SMILES string of the molecule is CC(NCc1cc(Cl)ccc1[N+](=O)[O-])c1ccccn1. The van der Waals surface area contributed by atoms with Crippen LogP contribution in [0.4, 0.5) is 5.69 Å². The van der Waals surface area contributed by atoms with Gasteiger partial charge in [-0.3, -0.25) is 15.1 Å². The number of nitrogens with one attached hydrogen (secondary N) is 1. The predicted octanol–water partition coefficient (Wildman–Crippen LogP) is 3.49. The van der Waals surface area contributed by atoms with Crippen molar-refractivity contribution in [2.75, 3.05) is 0 Å². The summed E-state index contributed by atoms with van der Waals surface area (Å²) in [6.45, 7) is 2.31. The minimum Gasteiger partial charge on any atom is -0.304 e. The minimum absolute atomic E-state index is 0.00483. The average Bonchev–Trinajstić information content (AvgIpc) is 2.45. The van der Waals surface area contributed by atoms with Crippen LogP contribution < -0.4 is 5.32 Å². The maximum atomic E-state index is 11.0. The van der Waals surface area contributed by atoms with Gasteiger partial charge in [0.1, 0.15) is 0 Å². The summed E-state index contributed by atoms with van der Waals surface area (Å²) in [5, 5.41) is 14.7. The normalized spacial score (nSPS) is 12.1. The molecule has 0 amide bonds. The Kier molecular flexibility index (Phi) is 4.65. The molecule has 2 aromatic rings. The number of nitrogens with zero attached hydrogens (tertiary/aromatic N) is 2. The van der Waals surface area contributed by atoms with Crippen LogP contribution in [0.1, 0.15) is 24.2 Å². The standard InChI is InChI=1S/C14H14ClN3O2/c1-10(13-4-2-3-7-16-13)17-9-11-8-12(15)5-6-14(11)18(19)20/h2-8,10,17H,9H2,1H3. The van der Waals surface area contributed by atoms with E-state index in [2.05, 4.69) is 10.3 Å². The lowest BCUT2D eigenvalue weighted by molar-refractivity contribution is -0.385. The summed E-state index contributed by atoms with van der Waals surface area (Å²) >= 11 is 5.89. The summed E-state index contributed by atoms with van der Waals surface area (Å²) in [7, 11) is 0. The molecule has 2 rings (SSSR count). The summed E-state index contributed by atoms with van der Waals surface area (Å²) < 4.78 is 0. The first-order valence-electron chi connectivity index (χ1n) is 6.15. The third-order valence-electron chi connectivity index (χ3n) is 2.97. The molecule has 0 saturated heterocycles. The Morgan fingerprint density at radius 2 is 2.20 bits per heavy atom. The van der Waals surface area contributed by atoms with Crippen molar-refractivity contribution in [1.82, 2.24) is 10.3 Å². The topological polar surface area (TPSA) is 68.1 Å². The molecule has 20 heavy (non-hydrogen) atoms. The van der Waals surface area contributed by atoms with Crippen molar-refractivity contribution in [3.63, 3.8) is 0 Å². The first-order valence-corrected chi connectivity index (χ1v) is 6.53. The molecule has 0 fully saturated rings. The fraction of sp³-hybridized carbons (Fsp3) is 0.214. The number of pyridine rings is 1. The lowest BCUT2D eigenvalue weighted by Crippen LogP contribution is -2.19. The number of hydrogen-bond donors (Lipinski definition) is 1. The number of nitro groups is 1. The van der Waals surface area contributed by atoms with Crippen molar-refractivity contribution in [1.29, 1.82) is 0 Å². The molecule has 6 heteroatoms. The molecule has 1 unspecified atom stereocenters. The van der Waals surface area contributed by atoms with Gasteiger partial charge in [-0.25, -0.2) is 0 Å². The highest BCUT2D eigenvalue weighted by molar-refractivity contribution is 6.30. The van der Waals surface area contributed by atoms with Crippen molar-refractivity contribution in [2.24, 2.45) is 0 Å². The van der Waals surface area contributed by atoms with Crippen molar-refractivity contribution in [2.45, 2.75) is 19.5 Å². The van der Waals surface area contributed by atoms with Crippen LogP contribution in [0, 0.1) is 10.1 Å². The predicted molar refractivity (Wildman–Crippen MR) is 77.6 cm³/mol. The maximum absolute atomic E-state index is 11.0. The van der Waals surface area contributed by atoms with E-state index in [0.29, 0.717) is 17.1 Å². The fourth-order valence-corrected chi connectivity index (χ4v) is 2.07. The largest absolute Gasteiger partial charge is 0.304 e. The number of hydrogen-bond acceptors (Lipinski definition) is 4. The third-order valence-corrected chi connectivity index (χ3v) is 3.20. The highest BCUT2D eigenvalue weighted by Crippen LogP contribution is 2.23. The molecule has 0 aliphatic carbocycles. The molecule has 1 aromatic carbocycles. The fourth-order valence-electron chi connectivity index (χ4n) is 1.87. The van der Waals surface area contributed by atoms with E-state index < -0.39 is 4.92 Å². The van der Waals surface area contributed by atoms with Gasteiger partial charge in [-0.05, 0) is 31.2 Å². The Morgan fingerprint density at radius 1 is 1.40 bits per heavy atom. The first kappa shape index (κ1) is 14.4. The van der Waals surface area contributed by atoms with Crippen LogP contribution in [-0.4, -0.2) is 9.91 Å². The van der Waals surface area contributed by atoms with Crippen LogP contribution in [0.5, 0.6) is 0 Å². The molecule has 1 atom stereocenters. The van der Waals surface area contributed by atoms with Crippen LogP contribution in [0.15, 0.2) is 42.6 Å². The Labute approximate surface area is 121 Å². The van der Waals surface area contributed by atoms with Crippen LogP contribution in [-0.2, 0) is 6.54 Å². The van der Waals surface area contributed by atoms with E-state index in [4.69, 9.17) is 11.6 Å². The molecule has 0 aliphatic rings. The highest BCUT2D eigenvalue weighted by atomic mass is 35.5. The molecule has 0 aliphatic heterocycles. The first-order chi connectivity index (χ1) is 9.58. The van der Waals surface area contributed by atoms with Crippen molar-refractivity contribution in [3.8, 4) is 0 Å². The molecule has 1 aromatic heterocycles. The number of rotatable bonds is 5. The van der Waals surface area contributed by atoms with Gasteiger partial charge in [0.15, 0.2) is 0 Å². The molecular weight excluding hydrogens is 278 g/mol. The van der Waals surface area contributed by atoms with E-state index in [1.165, 1.54) is 12.1 Å². The minimum atomic E-state index is -0.404. The van der Waals surface area contributed by atoms with Crippen LogP contribution in [0.25, 0.3) is 0 Å². The van der Waals surface area contributed by atoms with E-state index in [1.807, 2.05) is 25.1 Å². The Bertz CT molecular complexity index is 605. The zero-order valence-corrected chi connectivity index (χ0v) is 11.7. The Morgan fingerprint density at radius 3 is 2.85 bits per heavy atom. The molecule has 0 spiro atoms. The summed E-state index contributed by atoms with van der Waals surface area (Å²) in [6.07, 6.45) is 1.72. The smallest absolute Gasteiger partial charge is 0.273 e. The summed E-state index contributed by atoms with van der Waals surface area (Å²) in [5.41, 5.74) is 1.51. The lowest BCUT2D eigenvalue weighted by Gasteiger charge is -2.13. The van der Waals surface area contributed by atoms with E-state index in [1.54, 1.807) is 12.3 Å². The van der Waals surface area contributed by atoms with E-state index in [9.17, 15) is 10.1 Å². The second kappa shape index (κ2) is 6.45. The zero-order valence-electron chi connectivity index (χ0n) is 10.9. The molecule has 5 nitrogen and oxygen atoms in total. The molecular formula is C14H14ClN3O2. The van der Waals surface area contributed by atoms with Gasteiger partial charge in [-0.2, -0.15) is 0 Å². The molecule has 104 valence electrons. The average molecular weight is 292 g/mol. The molecule has 0 radical (unpaired) electrons. The van der Waals surface area contributed by atoms with E-state index in [-0.39, 0.29) is 11.7 Å². The van der Waals surface area contributed by atoms with Crippen molar-refractivity contribution < 1.29 is 4.92 Å². The summed E-state index contributed by atoms with van der Waals surface area (Å²) in [6, 6.07) is 10.2. The highest BCUT2D eigenvalue weighted by Gasteiger charge is 2.15. The Hall–Kier alpha value is -1.98. The van der Waals surface area contributed by atoms with E-state index >= 15 is 0 Å². The summed E-state index contributed by atoms with van der Waals surface area (Å²) in [5.74, 6) is 0. The molecule has 1 N–H and O–H groups in total. The monoisotopic (exact) mass is 291 g/mol. The molecule has 1 heterocycles. The number of aromatic nitrogens is 1. The third kappa shape index (κ3) is 3.53. The van der Waals surface area contributed by atoms with Crippen LogP contribution >= 0.6 is 11.6 Å². The van der Waals surface area contributed by atoms with Crippen molar-refractivity contribution in [3.05, 3.63) is 69.0 Å². The zero-order chi connectivity index (χ0) is 14.5. The molecule has 0 bridgehead atoms. The van der Waals surface area contributed by atoms with Crippen molar-refractivity contribution >= 4 is 17.3 Å². The Balaban J connectivity index is 2.11. The van der Waals surface area contributed by atoms with Gasteiger partial charge >= 0.3 is 0 Å². The van der Waals surface area contributed by atoms with Gasteiger partial charge in [0.05, 0.1) is 10.6 Å². The second-order valence-corrected chi connectivity index (χ2v) is 4.82. The summed E-state index contributed by atoms with van der Waals surface area (Å²) in [4.78, 5) is 14.8. The lowest BCUT2D eigenvalue weighted by atomic mass is 10.1. The van der Waals surface area contributed by atoms with Gasteiger partial charge in [0.2, 0.25) is 0 Å². The van der Waals surface area contributed by atoms with E-state index in [0.717, 1.165) is 5.69 Å². The van der Waals surface area contributed by atoms with Crippen LogP contribution in [0.2, 0.25) is 5.02 Å².